The first-order chi connectivity index (χ1) is 5.33. The van der Waals surface area contributed by atoms with Crippen molar-refractivity contribution in [3.63, 3.8) is 0 Å². The molecular formula is C8H15NO2. The van der Waals surface area contributed by atoms with Crippen LogP contribution >= 0.6 is 0 Å². The normalized spacial score (nSPS) is 17.5. The zero-order chi connectivity index (χ0) is 8.10. The molecule has 0 aromatic rings. The van der Waals surface area contributed by atoms with E-state index in [0.717, 1.165) is 13.0 Å². The van der Waals surface area contributed by atoms with E-state index in [1.54, 1.807) is 0 Å². The number of rotatable bonds is 4. The highest BCUT2D eigenvalue weighted by Crippen LogP contribution is 2.06. The van der Waals surface area contributed by atoms with E-state index in [0.29, 0.717) is 6.42 Å². The number of ether oxygens (including phenoxy) is 1. The molecule has 3 heteroatoms. The minimum Gasteiger partial charge on any atom is -0.469 e. The summed E-state index contributed by atoms with van der Waals surface area (Å²) in [6, 6.07) is 0. The van der Waals surface area contributed by atoms with Gasteiger partial charge in [0.25, 0.3) is 0 Å². The van der Waals surface area contributed by atoms with Gasteiger partial charge in [-0.15, -0.1) is 0 Å². The topological polar surface area (TPSA) is 29.5 Å². The van der Waals surface area contributed by atoms with Crippen LogP contribution in [0.5, 0.6) is 0 Å². The first-order valence-corrected chi connectivity index (χ1v) is 4.12. The third-order valence-electron chi connectivity index (χ3n) is 2.03. The van der Waals surface area contributed by atoms with Crippen molar-refractivity contribution in [2.24, 2.45) is 0 Å². The number of carbonyl (C=O) groups is 1. The number of likely N-dealkylation sites (tertiary alicyclic amines) is 1. The molecule has 0 amide bonds. The van der Waals surface area contributed by atoms with Gasteiger partial charge in [0.2, 0.25) is 0 Å². The molecule has 1 heterocycles. The maximum Gasteiger partial charge on any atom is 0.305 e. The summed E-state index contributed by atoms with van der Waals surface area (Å²) in [6.45, 7) is 3.47. The molecule has 0 aliphatic carbocycles. The Morgan fingerprint density at radius 2 is 2.27 bits per heavy atom. The number of nitrogens with zero attached hydrogens (tertiary/aromatic N) is 1. The molecule has 1 fully saturated rings. The minimum atomic E-state index is -0.0921. The highest BCUT2D eigenvalue weighted by molar-refractivity contribution is 5.69. The minimum absolute atomic E-state index is 0.0921. The third-order valence-corrected chi connectivity index (χ3v) is 2.03. The van der Waals surface area contributed by atoms with Gasteiger partial charge in [0, 0.05) is 6.42 Å². The van der Waals surface area contributed by atoms with Gasteiger partial charge in [0.05, 0.1) is 7.11 Å². The van der Waals surface area contributed by atoms with Crippen molar-refractivity contribution in [3.05, 3.63) is 0 Å². The summed E-state index contributed by atoms with van der Waals surface area (Å²) in [6.07, 6.45) is 2.82. The molecule has 0 spiro atoms. The Bertz CT molecular complexity index is 132. The summed E-state index contributed by atoms with van der Waals surface area (Å²) in [5, 5.41) is 0. The highest BCUT2D eigenvalue weighted by Gasteiger charge is 2.12. The summed E-state index contributed by atoms with van der Waals surface area (Å²) < 4.78 is 4.53. The summed E-state index contributed by atoms with van der Waals surface area (Å²) in [7, 11) is 1.44. The molecule has 1 rings (SSSR count). The van der Waals surface area contributed by atoms with Crippen LogP contribution in [0.15, 0.2) is 0 Å². The van der Waals surface area contributed by atoms with E-state index in [1.165, 1.54) is 26.6 Å². The predicted octanol–water partition coefficient (Wildman–Crippen LogP) is 0.645. The molecule has 0 bridgehead atoms. The number of hydrogen-bond acceptors (Lipinski definition) is 3. The van der Waals surface area contributed by atoms with Crippen molar-refractivity contribution >= 4 is 5.97 Å². The van der Waals surface area contributed by atoms with Gasteiger partial charge >= 0.3 is 5.97 Å². The Morgan fingerprint density at radius 3 is 2.73 bits per heavy atom. The van der Waals surface area contributed by atoms with Crippen LogP contribution < -0.4 is 0 Å². The van der Waals surface area contributed by atoms with Crippen LogP contribution in [0, 0.1) is 0 Å². The van der Waals surface area contributed by atoms with Gasteiger partial charge in [0.15, 0.2) is 0 Å². The average Bonchev–Trinajstić information content (AvgIpc) is 1.94. The quantitative estimate of drug-likeness (QED) is 0.561. The molecule has 3 nitrogen and oxygen atoms in total. The molecule has 0 saturated carbocycles. The lowest BCUT2D eigenvalue weighted by atomic mass is 10.2. The molecule has 0 radical (unpaired) electrons. The molecule has 11 heavy (non-hydrogen) atoms. The van der Waals surface area contributed by atoms with E-state index in [2.05, 4.69) is 9.64 Å². The molecule has 1 aliphatic heterocycles. The second-order valence-electron chi connectivity index (χ2n) is 2.87. The van der Waals surface area contributed by atoms with Crippen LogP contribution in [-0.2, 0) is 9.53 Å². The van der Waals surface area contributed by atoms with Crippen molar-refractivity contribution in [1.29, 1.82) is 0 Å². The van der Waals surface area contributed by atoms with Gasteiger partial charge in [0.1, 0.15) is 0 Å². The number of carbonyl (C=O) groups excluding carboxylic acids is 1. The lowest BCUT2D eigenvalue weighted by Gasteiger charge is -2.30. The predicted molar refractivity (Wildman–Crippen MR) is 42.3 cm³/mol. The van der Waals surface area contributed by atoms with Crippen LogP contribution in [0.2, 0.25) is 0 Å². The summed E-state index contributed by atoms with van der Waals surface area (Å²) in [5.41, 5.74) is 0. The zero-order valence-corrected chi connectivity index (χ0v) is 7.01. The van der Waals surface area contributed by atoms with Crippen molar-refractivity contribution in [2.75, 3.05) is 26.7 Å². The first kappa shape index (κ1) is 8.53. The maximum atomic E-state index is 10.7. The summed E-state index contributed by atoms with van der Waals surface area (Å²) >= 11 is 0. The van der Waals surface area contributed by atoms with E-state index < -0.39 is 0 Å². The Morgan fingerprint density at radius 1 is 1.55 bits per heavy atom. The zero-order valence-electron chi connectivity index (χ0n) is 7.01. The van der Waals surface area contributed by atoms with Crippen LogP contribution in [0.4, 0.5) is 0 Å². The Kier molecular flexibility index (Phi) is 3.36. The first-order valence-electron chi connectivity index (χ1n) is 4.12. The van der Waals surface area contributed by atoms with Crippen LogP contribution in [-0.4, -0.2) is 37.6 Å². The molecule has 1 saturated heterocycles. The van der Waals surface area contributed by atoms with Gasteiger partial charge in [-0.05, 0) is 32.5 Å². The molecule has 0 aromatic carbocycles. The van der Waals surface area contributed by atoms with Crippen molar-refractivity contribution < 1.29 is 9.53 Å². The monoisotopic (exact) mass is 157 g/mol. The lowest BCUT2D eigenvalue weighted by Crippen LogP contribution is -2.37. The SMILES string of the molecule is COC(=O)CCCN1CCC1. The fraction of sp³-hybridized carbons (Fsp3) is 0.875. The van der Waals surface area contributed by atoms with Crippen LogP contribution in [0.25, 0.3) is 0 Å². The smallest absolute Gasteiger partial charge is 0.305 e. The average molecular weight is 157 g/mol. The summed E-state index contributed by atoms with van der Waals surface area (Å²) in [4.78, 5) is 13.0. The van der Waals surface area contributed by atoms with E-state index in [-0.39, 0.29) is 5.97 Å². The molecule has 0 N–H and O–H groups in total. The Labute approximate surface area is 67.3 Å². The fourth-order valence-corrected chi connectivity index (χ4v) is 1.15. The molecule has 1 aliphatic rings. The van der Waals surface area contributed by atoms with Gasteiger partial charge < -0.3 is 9.64 Å². The Hall–Kier alpha value is -0.570. The number of methoxy groups -OCH3 is 1. The van der Waals surface area contributed by atoms with Crippen LogP contribution in [0.3, 0.4) is 0 Å². The van der Waals surface area contributed by atoms with E-state index in [9.17, 15) is 4.79 Å². The highest BCUT2D eigenvalue weighted by atomic mass is 16.5. The second kappa shape index (κ2) is 4.34. The molecule has 0 aromatic heterocycles. The number of esters is 1. The van der Waals surface area contributed by atoms with Gasteiger partial charge in [-0.1, -0.05) is 0 Å². The Balaban J connectivity index is 1.90. The molecule has 0 atom stereocenters. The lowest BCUT2D eigenvalue weighted by molar-refractivity contribution is -0.140. The second-order valence-corrected chi connectivity index (χ2v) is 2.87. The van der Waals surface area contributed by atoms with Gasteiger partial charge in [-0.25, -0.2) is 0 Å². The standard InChI is InChI=1S/C8H15NO2/c1-11-8(10)4-2-5-9-6-3-7-9/h2-7H2,1H3. The maximum absolute atomic E-state index is 10.7. The fourth-order valence-electron chi connectivity index (χ4n) is 1.15. The third kappa shape index (κ3) is 2.89. The molecule has 0 unspecified atom stereocenters. The van der Waals surface area contributed by atoms with Crippen molar-refractivity contribution in [1.82, 2.24) is 4.90 Å². The van der Waals surface area contributed by atoms with Gasteiger partial charge in [-0.2, -0.15) is 0 Å². The molecular weight excluding hydrogens is 142 g/mol. The van der Waals surface area contributed by atoms with Crippen LogP contribution in [0.1, 0.15) is 19.3 Å². The summed E-state index contributed by atoms with van der Waals surface area (Å²) in [5.74, 6) is -0.0921. The van der Waals surface area contributed by atoms with Crippen molar-refractivity contribution in [2.45, 2.75) is 19.3 Å². The van der Waals surface area contributed by atoms with Gasteiger partial charge in [-0.3, -0.25) is 4.79 Å². The van der Waals surface area contributed by atoms with Crippen molar-refractivity contribution in [3.8, 4) is 0 Å². The molecule has 64 valence electrons. The van der Waals surface area contributed by atoms with E-state index >= 15 is 0 Å². The largest absolute Gasteiger partial charge is 0.469 e. The van der Waals surface area contributed by atoms with E-state index in [1.807, 2.05) is 0 Å². The number of hydrogen-bond donors (Lipinski definition) is 0. The van der Waals surface area contributed by atoms with E-state index in [4.69, 9.17) is 0 Å².